The molecule has 0 aliphatic heterocycles. The number of carbonyl (C=O) groups excluding carboxylic acids is 1. The van der Waals surface area contributed by atoms with Crippen molar-refractivity contribution in [1.29, 1.82) is 0 Å². The number of carbonyl (C=O) groups is 1. The summed E-state index contributed by atoms with van der Waals surface area (Å²) in [5, 5.41) is 4.68. The maximum absolute atomic E-state index is 13.1. The highest BCUT2D eigenvalue weighted by atomic mass is 19.4. The van der Waals surface area contributed by atoms with Crippen LogP contribution in [0.3, 0.4) is 0 Å². The van der Waals surface area contributed by atoms with Crippen LogP contribution in [0.2, 0.25) is 0 Å². The van der Waals surface area contributed by atoms with E-state index in [1.165, 1.54) is 0 Å². The molecule has 4 rings (SSSR count). The molecule has 7 nitrogen and oxygen atoms in total. The summed E-state index contributed by atoms with van der Waals surface area (Å²) < 4.78 is 79.4. The molecule has 0 radical (unpaired) electrons. The van der Waals surface area contributed by atoms with Crippen molar-refractivity contribution in [3.05, 3.63) is 71.9 Å². The van der Waals surface area contributed by atoms with Crippen molar-refractivity contribution in [2.24, 2.45) is 5.73 Å². The highest BCUT2D eigenvalue weighted by molar-refractivity contribution is 6.22. The maximum Gasteiger partial charge on any atom is 0.433 e. The summed E-state index contributed by atoms with van der Waals surface area (Å²) in [4.78, 5) is 22.6. The lowest BCUT2D eigenvalue weighted by molar-refractivity contribution is -0.150. The molecule has 0 aliphatic carbocycles. The van der Waals surface area contributed by atoms with Crippen LogP contribution in [0.5, 0.6) is 0 Å². The smallest absolute Gasteiger partial charge is 0.366 e. The number of amides is 1. The number of nitrogens with zero attached hydrogens (tertiary/aromatic N) is 5. The molecule has 174 valence electrons. The van der Waals surface area contributed by atoms with Gasteiger partial charge in [0, 0.05) is 23.3 Å². The van der Waals surface area contributed by atoms with E-state index in [1.54, 1.807) is 30.5 Å². The molecule has 0 saturated heterocycles. The number of alkyl halides is 6. The Kier molecular flexibility index (Phi) is 5.55. The molecule has 0 atom stereocenters. The van der Waals surface area contributed by atoms with Gasteiger partial charge in [-0.25, -0.2) is 14.6 Å². The van der Waals surface area contributed by atoms with Crippen molar-refractivity contribution in [3.63, 3.8) is 0 Å². The molecule has 0 aliphatic rings. The molecular weight excluding hydrogens is 466 g/mol. The van der Waals surface area contributed by atoms with Crippen LogP contribution in [0.4, 0.5) is 26.3 Å². The Labute approximate surface area is 186 Å². The van der Waals surface area contributed by atoms with E-state index in [4.69, 9.17) is 5.73 Å². The molecule has 4 aromatic rings. The van der Waals surface area contributed by atoms with Gasteiger partial charge < -0.3 is 5.73 Å². The number of pyridine rings is 2. The third-order valence-corrected chi connectivity index (χ3v) is 4.62. The Balaban J connectivity index is 1.76. The minimum atomic E-state index is -5.12. The third-order valence-electron chi connectivity index (χ3n) is 4.62. The van der Waals surface area contributed by atoms with Gasteiger partial charge >= 0.3 is 12.4 Å². The van der Waals surface area contributed by atoms with E-state index in [0.29, 0.717) is 23.2 Å². The first-order valence-electron chi connectivity index (χ1n) is 9.36. The lowest BCUT2D eigenvalue weighted by Crippen LogP contribution is -2.15. The van der Waals surface area contributed by atoms with Gasteiger partial charge in [0.15, 0.2) is 5.82 Å². The fourth-order valence-electron chi connectivity index (χ4n) is 3.07. The van der Waals surface area contributed by atoms with Crippen molar-refractivity contribution in [2.45, 2.75) is 12.4 Å². The zero-order valence-corrected chi connectivity index (χ0v) is 16.8. The number of hydrogen-bond acceptors (Lipinski definition) is 5. The summed E-state index contributed by atoms with van der Waals surface area (Å²) in [7, 11) is 0. The van der Waals surface area contributed by atoms with Crippen LogP contribution in [0.1, 0.15) is 17.0 Å². The topological polar surface area (TPSA) is 99.6 Å². The molecule has 0 spiro atoms. The van der Waals surface area contributed by atoms with Gasteiger partial charge in [0.2, 0.25) is 0 Å². The van der Waals surface area contributed by atoms with E-state index in [1.807, 2.05) is 6.07 Å². The molecule has 0 unspecified atom stereocenters. The van der Waals surface area contributed by atoms with Crippen molar-refractivity contribution < 1.29 is 31.1 Å². The summed E-state index contributed by atoms with van der Waals surface area (Å²) in [6.07, 6.45) is -6.52. The van der Waals surface area contributed by atoms with Crippen LogP contribution in [0, 0.1) is 0 Å². The largest absolute Gasteiger partial charge is 0.433 e. The average molecular weight is 478 g/mol. The van der Waals surface area contributed by atoms with Crippen molar-refractivity contribution in [3.8, 4) is 11.4 Å². The predicted octanol–water partition coefficient (Wildman–Crippen LogP) is 4.41. The quantitative estimate of drug-likeness (QED) is 0.346. The Morgan fingerprint density at radius 1 is 0.941 bits per heavy atom. The minimum Gasteiger partial charge on any atom is -0.366 e. The molecule has 2 N–H and O–H groups in total. The summed E-state index contributed by atoms with van der Waals surface area (Å²) in [6, 6.07) is 9.25. The van der Waals surface area contributed by atoms with Crippen molar-refractivity contribution in [1.82, 2.24) is 24.7 Å². The van der Waals surface area contributed by atoms with E-state index in [0.717, 1.165) is 22.6 Å². The Morgan fingerprint density at radius 2 is 1.62 bits per heavy atom. The molecular formula is C21H12F6N6O. The predicted molar refractivity (Wildman–Crippen MR) is 108 cm³/mol. The first-order valence-corrected chi connectivity index (χ1v) is 9.36. The number of benzene rings is 1. The SMILES string of the molecule is NC(=O)/C(=C/n1cnc(-c2cc(C(F)(F)F)nc(C(F)(F)F)c2)n1)c1ccc2cccnc2c1. The number of fused-ring (bicyclic) bond motifs is 1. The molecule has 13 heteroatoms. The normalized spacial score (nSPS) is 12.8. The fourth-order valence-corrected chi connectivity index (χ4v) is 3.07. The summed E-state index contributed by atoms with van der Waals surface area (Å²) >= 11 is 0. The number of hydrogen-bond donors (Lipinski definition) is 1. The number of primary amides is 1. The fraction of sp³-hybridized carbons (Fsp3) is 0.0952. The molecule has 3 heterocycles. The zero-order chi connectivity index (χ0) is 24.7. The van der Waals surface area contributed by atoms with Crippen LogP contribution in [0.15, 0.2) is 55.0 Å². The number of rotatable bonds is 4. The molecule has 1 aromatic carbocycles. The van der Waals surface area contributed by atoms with E-state index in [2.05, 4.69) is 20.1 Å². The van der Waals surface area contributed by atoms with Gasteiger partial charge in [-0.2, -0.15) is 26.3 Å². The Bertz CT molecular complexity index is 1390. The van der Waals surface area contributed by atoms with Gasteiger partial charge in [0.05, 0.1) is 11.1 Å². The molecule has 0 fully saturated rings. The van der Waals surface area contributed by atoms with E-state index >= 15 is 0 Å². The summed E-state index contributed by atoms with van der Waals surface area (Å²) in [5.41, 5.74) is 2.33. The highest BCUT2D eigenvalue weighted by Crippen LogP contribution is 2.35. The number of halogens is 6. The van der Waals surface area contributed by atoms with Crippen molar-refractivity contribution >= 4 is 28.6 Å². The average Bonchev–Trinajstić information content (AvgIpc) is 3.24. The highest BCUT2D eigenvalue weighted by Gasteiger charge is 2.39. The standard InChI is InChI=1S/C21H12F6N6O/c22-20(23,24)16-7-13(8-17(31-16)21(25,26)27)19-30-10-33(32-19)9-14(18(28)34)12-4-3-11-2-1-5-29-15(11)6-12/h1-10H,(H2,28,34)/b14-9+. The zero-order valence-electron chi connectivity index (χ0n) is 16.8. The van der Waals surface area contributed by atoms with Crippen LogP contribution < -0.4 is 5.73 Å². The van der Waals surface area contributed by atoms with Crippen molar-refractivity contribution in [2.75, 3.05) is 0 Å². The van der Waals surface area contributed by atoms with Crippen LogP contribution >= 0.6 is 0 Å². The third kappa shape index (κ3) is 4.72. The Morgan fingerprint density at radius 3 is 2.24 bits per heavy atom. The van der Waals surface area contributed by atoms with Gasteiger partial charge in [0.25, 0.3) is 5.91 Å². The second-order valence-electron chi connectivity index (χ2n) is 6.99. The Hall–Kier alpha value is -4.29. The maximum atomic E-state index is 13.1. The molecule has 0 saturated carbocycles. The van der Waals surface area contributed by atoms with Gasteiger partial charge in [0.1, 0.15) is 17.7 Å². The van der Waals surface area contributed by atoms with Gasteiger partial charge in [-0.05, 0) is 29.8 Å². The van der Waals surface area contributed by atoms with Gasteiger partial charge in [-0.15, -0.1) is 5.10 Å². The molecule has 34 heavy (non-hydrogen) atoms. The number of nitrogens with two attached hydrogens (primary N) is 1. The first kappa shape index (κ1) is 22.9. The molecule has 1 amide bonds. The van der Waals surface area contributed by atoms with Crippen LogP contribution in [-0.2, 0) is 17.1 Å². The monoisotopic (exact) mass is 478 g/mol. The van der Waals surface area contributed by atoms with Crippen LogP contribution in [0.25, 0.3) is 34.1 Å². The van der Waals surface area contributed by atoms with E-state index < -0.39 is 41.0 Å². The lowest BCUT2D eigenvalue weighted by Gasteiger charge is -2.11. The summed E-state index contributed by atoms with van der Waals surface area (Å²) in [5.74, 6) is -1.30. The minimum absolute atomic E-state index is 0.0364. The summed E-state index contributed by atoms with van der Waals surface area (Å²) in [6.45, 7) is 0. The lowest BCUT2D eigenvalue weighted by atomic mass is 10.0. The molecule has 0 bridgehead atoms. The molecule has 3 aromatic heterocycles. The second kappa shape index (κ2) is 8.24. The second-order valence-corrected chi connectivity index (χ2v) is 6.99. The first-order chi connectivity index (χ1) is 15.9. The van der Waals surface area contributed by atoms with Gasteiger partial charge in [-0.3, -0.25) is 9.78 Å². The van der Waals surface area contributed by atoms with Crippen LogP contribution in [-0.4, -0.2) is 30.6 Å². The number of aromatic nitrogens is 5. The van der Waals surface area contributed by atoms with Gasteiger partial charge in [-0.1, -0.05) is 18.2 Å². The van der Waals surface area contributed by atoms with E-state index in [9.17, 15) is 31.1 Å². The van der Waals surface area contributed by atoms with E-state index in [-0.39, 0.29) is 5.57 Å².